The lowest BCUT2D eigenvalue weighted by Crippen LogP contribution is -2.22. The van der Waals surface area contributed by atoms with E-state index in [9.17, 15) is 0 Å². The van der Waals surface area contributed by atoms with Crippen LogP contribution in [0.5, 0.6) is 0 Å². The molecule has 1 heterocycles. The topological polar surface area (TPSA) is 12.9 Å². The molecule has 12 heavy (non-hydrogen) atoms. The van der Waals surface area contributed by atoms with Crippen molar-refractivity contribution in [2.24, 2.45) is 5.92 Å². The molecule has 0 aliphatic heterocycles. The van der Waals surface area contributed by atoms with Crippen LogP contribution < -0.4 is 9.88 Å². The van der Waals surface area contributed by atoms with E-state index in [0.29, 0.717) is 5.92 Å². The molecular weight excluding hydrogens is 166 g/mol. The van der Waals surface area contributed by atoms with Gasteiger partial charge < -0.3 is 0 Å². The Morgan fingerprint density at radius 2 is 2.58 bits per heavy atom. The van der Waals surface area contributed by atoms with E-state index in [1.165, 1.54) is 4.53 Å². The summed E-state index contributed by atoms with van der Waals surface area (Å²) in [5, 5.41) is 1.10. The molecule has 1 atom stereocenters. The number of aromatic nitrogens is 1. The zero-order valence-corrected chi connectivity index (χ0v) is 7.69. The van der Waals surface area contributed by atoms with E-state index < -0.39 is 0 Å². The molecule has 0 fully saturated rings. The van der Waals surface area contributed by atoms with Gasteiger partial charge in [0.2, 0.25) is 0 Å². The first-order chi connectivity index (χ1) is 5.86. The summed E-state index contributed by atoms with van der Waals surface area (Å²) >= 11 is 1.68. The number of fused-ring (bicyclic) bond motifs is 1. The normalized spacial score (nSPS) is 23.1. The summed E-state index contributed by atoms with van der Waals surface area (Å²) in [4.78, 5) is 4.27. The van der Waals surface area contributed by atoms with Gasteiger partial charge in [-0.05, 0) is 13.0 Å². The maximum absolute atomic E-state index is 4.27. The van der Waals surface area contributed by atoms with Crippen molar-refractivity contribution in [2.75, 3.05) is 0 Å². The summed E-state index contributed by atoms with van der Waals surface area (Å²) in [6, 6.07) is 0. The minimum Gasteiger partial charge on any atom is -0.245 e. The SMILES string of the molecule is CC1C#CC/C=c2/scnc2=C1. The first-order valence-electron chi connectivity index (χ1n) is 3.96. The second-order valence-electron chi connectivity index (χ2n) is 2.79. The smallest absolute Gasteiger partial charge is 0.0805 e. The van der Waals surface area contributed by atoms with Crippen molar-refractivity contribution in [3.8, 4) is 11.8 Å². The van der Waals surface area contributed by atoms with Crippen LogP contribution in [-0.4, -0.2) is 4.98 Å². The number of nitrogens with zero attached hydrogens (tertiary/aromatic N) is 1. The van der Waals surface area contributed by atoms with Crippen LogP contribution in [0.3, 0.4) is 0 Å². The summed E-state index contributed by atoms with van der Waals surface area (Å²) in [6.45, 7) is 2.10. The lowest BCUT2D eigenvalue weighted by Gasteiger charge is -1.93. The summed E-state index contributed by atoms with van der Waals surface area (Å²) in [6.07, 6.45) is 5.12. The molecule has 0 aromatic carbocycles. The molecule has 0 N–H and O–H groups in total. The average Bonchev–Trinajstić information content (AvgIpc) is 2.42. The largest absolute Gasteiger partial charge is 0.245 e. The van der Waals surface area contributed by atoms with Crippen molar-refractivity contribution in [1.82, 2.24) is 4.98 Å². The van der Waals surface area contributed by atoms with E-state index in [1.54, 1.807) is 11.3 Å². The lowest BCUT2D eigenvalue weighted by atomic mass is 10.1. The molecule has 1 aromatic rings. The molecule has 0 radical (unpaired) electrons. The van der Waals surface area contributed by atoms with Gasteiger partial charge in [0.1, 0.15) is 0 Å². The van der Waals surface area contributed by atoms with Crippen molar-refractivity contribution in [3.63, 3.8) is 0 Å². The Morgan fingerprint density at radius 1 is 1.67 bits per heavy atom. The lowest BCUT2D eigenvalue weighted by molar-refractivity contribution is 1.02. The summed E-state index contributed by atoms with van der Waals surface area (Å²) in [5.41, 5.74) is 1.88. The maximum Gasteiger partial charge on any atom is 0.0805 e. The molecule has 1 aromatic heterocycles. The first kappa shape index (κ1) is 7.57. The Balaban J connectivity index is 2.67. The molecule has 0 saturated heterocycles. The molecule has 60 valence electrons. The Labute approximate surface area is 75.5 Å². The molecule has 0 spiro atoms. The number of hydrogen-bond donors (Lipinski definition) is 0. The Bertz CT molecular complexity index is 444. The second kappa shape index (κ2) is 3.12. The first-order valence-corrected chi connectivity index (χ1v) is 4.84. The van der Waals surface area contributed by atoms with Crippen LogP contribution in [0.15, 0.2) is 5.51 Å². The fourth-order valence-electron chi connectivity index (χ4n) is 1.18. The molecule has 0 amide bonds. The van der Waals surface area contributed by atoms with Gasteiger partial charge in [-0.1, -0.05) is 17.9 Å². The van der Waals surface area contributed by atoms with E-state index >= 15 is 0 Å². The molecule has 2 heteroatoms. The minimum absolute atomic E-state index is 0.333. The summed E-state index contributed by atoms with van der Waals surface area (Å²) in [7, 11) is 0. The Hall–Kier alpha value is -1.07. The molecule has 0 saturated carbocycles. The fourth-order valence-corrected chi connectivity index (χ4v) is 1.88. The van der Waals surface area contributed by atoms with Crippen LogP contribution in [0.4, 0.5) is 0 Å². The fraction of sp³-hybridized carbons (Fsp3) is 0.300. The van der Waals surface area contributed by atoms with E-state index in [0.717, 1.165) is 11.8 Å². The van der Waals surface area contributed by atoms with Crippen LogP contribution in [0.25, 0.3) is 12.2 Å². The second-order valence-corrected chi connectivity index (χ2v) is 3.67. The van der Waals surface area contributed by atoms with E-state index in [1.807, 2.05) is 5.51 Å². The van der Waals surface area contributed by atoms with Crippen LogP contribution in [0, 0.1) is 17.8 Å². The summed E-state index contributed by atoms with van der Waals surface area (Å²) in [5.74, 6) is 6.59. The van der Waals surface area contributed by atoms with Gasteiger partial charge in [0, 0.05) is 12.3 Å². The highest BCUT2D eigenvalue weighted by Gasteiger charge is 1.95. The standard InChI is InChI=1S/C10H9NS/c1-8-4-2-3-5-10-9(6-8)11-7-12-10/h5-8H,3H2,1H3/b9-6?,10-5+. The van der Waals surface area contributed by atoms with Gasteiger partial charge >= 0.3 is 0 Å². The van der Waals surface area contributed by atoms with Crippen LogP contribution in [-0.2, 0) is 0 Å². The molecule has 1 unspecified atom stereocenters. The van der Waals surface area contributed by atoms with E-state index in [-0.39, 0.29) is 0 Å². The highest BCUT2D eigenvalue weighted by Crippen LogP contribution is 1.95. The number of rotatable bonds is 0. The quantitative estimate of drug-likeness (QED) is 0.530. The highest BCUT2D eigenvalue weighted by molar-refractivity contribution is 7.07. The predicted octanol–water partition coefficient (Wildman–Crippen LogP) is 0.747. The Kier molecular flexibility index (Phi) is 1.97. The van der Waals surface area contributed by atoms with Crippen molar-refractivity contribution in [1.29, 1.82) is 0 Å². The van der Waals surface area contributed by atoms with Crippen molar-refractivity contribution in [2.45, 2.75) is 13.3 Å². The number of hydrogen-bond acceptors (Lipinski definition) is 2. The average molecular weight is 175 g/mol. The minimum atomic E-state index is 0.333. The highest BCUT2D eigenvalue weighted by atomic mass is 32.1. The van der Waals surface area contributed by atoms with E-state index in [4.69, 9.17) is 0 Å². The third-order valence-electron chi connectivity index (χ3n) is 1.75. The number of thiazole rings is 1. The van der Waals surface area contributed by atoms with Gasteiger partial charge in [-0.15, -0.1) is 11.3 Å². The molecule has 1 aliphatic carbocycles. The van der Waals surface area contributed by atoms with Gasteiger partial charge in [0.05, 0.1) is 15.4 Å². The van der Waals surface area contributed by atoms with Gasteiger partial charge in [0.15, 0.2) is 0 Å². The molecular formula is C10H9NS. The predicted molar refractivity (Wildman–Crippen MR) is 51.9 cm³/mol. The third kappa shape index (κ3) is 1.41. The van der Waals surface area contributed by atoms with Gasteiger partial charge in [-0.25, -0.2) is 4.98 Å². The summed E-state index contributed by atoms with van der Waals surface area (Å²) < 4.78 is 1.26. The Morgan fingerprint density at radius 3 is 3.50 bits per heavy atom. The monoisotopic (exact) mass is 175 g/mol. The van der Waals surface area contributed by atoms with Crippen LogP contribution >= 0.6 is 11.3 Å². The van der Waals surface area contributed by atoms with Gasteiger partial charge in [-0.3, -0.25) is 0 Å². The van der Waals surface area contributed by atoms with Crippen molar-refractivity contribution in [3.05, 3.63) is 15.4 Å². The molecule has 0 bridgehead atoms. The zero-order chi connectivity index (χ0) is 8.39. The van der Waals surface area contributed by atoms with Crippen molar-refractivity contribution >= 4 is 23.5 Å². The maximum atomic E-state index is 4.27. The molecule has 1 aliphatic rings. The van der Waals surface area contributed by atoms with Gasteiger partial charge in [0.25, 0.3) is 0 Å². The molecule has 1 nitrogen and oxygen atoms in total. The van der Waals surface area contributed by atoms with Crippen LogP contribution in [0.1, 0.15) is 13.3 Å². The zero-order valence-electron chi connectivity index (χ0n) is 6.87. The van der Waals surface area contributed by atoms with Crippen LogP contribution in [0.2, 0.25) is 0 Å². The van der Waals surface area contributed by atoms with E-state index in [2.05, 4.69) is 35.9 Å². The van der Waals surface area contributed by atoms with Gasteiger partial charge in [-0.2, -0.15) is 0 Å². The van der Waals surface area contributed by atoms with Crippen molar-refractivity contribution < 1.29 is 0 Å². The third-order valence-corrected chi connectivity index (χ3v) is 2.59. The molecule has 2 rings (SSSR count).